The quantitative estimate of drug-likeness (QED) is 0.864. The molecule has 1 aromatic carbocycles. The van der Waals surface area contributed by atoms with Gasteiger partial charge in [-0.1, -0.05) is 6.07 Å². The molecule has 5 nitrogen and oxygen atoms in total. The van der Waals surface area contributed by atoms with E-state index in [4.69, 9.17) is 5.73 Å². The predicted octanol–water partition coefficient (Wildman–Crippen LogP) is 0.653. The van der Waals surface area contributed by atoms with Crippen LogP contribution >= 0.6 is 0 Å². The minimum absolute atomic E-state index is 0.00999. The molecular formula is C13H18N2O3S. The Morgan fingerprint density at radius 2 is 2.16 bits per heavy atom. The molecule has 6 heteroatoms. The molecule has 0 spiro atoms. The Morgan fingerprint density at radius 1 is 1.42 bits per heavy atom. The Hall–Kier alpha value is -1.40. The maximum atomic E-state index is 12.3. The van der Waals surface area contributed by atoms with E-state index in [1.807, 2.05) is 0 Å². The first-order valence-electron chi connectivity index (χ1n) is 6.23. The van der Waals surface area contributed by atoms with E-state index in [1.54, 1.807) is 17.0 Å². The number of sulfone groups is 1. The lowest BCUT2D eigenvalue weighted by Gasteiger charge is -2.30. The number of nitrogens with two attached hydrogens (primary N) is 1. The summed E-state index contributed by atoms with van der Waals surface area (Å²) in [6, 6.07) is 6.16. The molecule has 0 bridgehead atoms. The molecule has 104 valence electrons. The van der Waals surface area contributed by atoms with E-state index in [1.165, 1.54) is 12.1 Å². The van der Waals surface area contributed by atoms with Crippen LogP contribution in [0.3, 0.4) is 0 Å². The maximum absolute atomic E-state index is 12.3. The van der Waals surface area contributed by atoms with Gasteiger partial charge in [-0.3, -0.25) is 4.79 Å². The monoisotopic (exact) mass is 282 g/mol. The Kier molecular flexibility index (Phi) is 3.91. The van der Waals surface area contributed by atoms with E-state index in [-0.39, 0.29) is 16.8 Å². The summed E-state index contributed by atoms with van der Waals surface area (Å²) in [7, 11) is -3.30. The van der Waals surface area contributed by atoms with Gasteiger partial charge in [-0.25, -0.2) is 8.42 Å². The first-order chi connectivity index (χ1) is 8.88. The van der Waals surface area contributed by atoms with Gasteiger partial charge in [-0.15, -0.1) is 0 Å². The van der Waals surface area contributed by atoms with E-state index in [9.17, 15) is 13.2 Å². The smallest absolute Gasteiger partial charge is 0.253 e. The highest BCUT2D eigenvalue weighted by atomic mass is 32.2. The van der Waals surface area contributed by atoms with Gasteiger partial charge in [0.1, 0.15) is 0 Å². The highest BCUT2D eigenvalue weighted by molar-refractivity contribution is 7.90. The highest BCUT2D eigenvalue weighted by Gasteiger charge is 2.23. The minimum atomic E-state index is -3.30. The van der Waals surface area contributed by atoms with E-state index < -0.39 is 9.84 Å². The van der Waals surface area contributed by atoms with Crippen molar-refractivity contribution in [1.29, 1.82) is 0 Å². The van der Waals surface area contributed by atoms with Crippen molar-refractivity contribution in [2.75, 3.05) is 19.3 Å². The van der Waals surface area contributed by atoms with Crippen LogP contribution < -0.4 is 5.73 Å². The molecule has 0 saturated carbocycles. The standard InChI is InChI=1S/C13H18N2O3S/c1-19(17,18)12-6-2-4-10(8-12)13(16)15-7-3-5-11(14)9-15/h2,4,6,8,11H,3,5,7,9,14H2,1H3/t11-/m1/s1. The zero-order valence-corrected chi connectivity index (χ0v) is 11.7. The summed E-state index contributed by atoms with van der Waals surface area (Å²) in [5, 5.41) is 0. The summed E-state index contributed by atoms with van der Waals surface area (Å²) in [5.41, 5.74) is 6.25. The van der Waals surface area contributed by atoms with Crippen molar-refractivity contribution in [2.24, 2.45) is 5.73 Å². The van der Waals surface area contributed by atoms with Crippen LogP contribution in [0.15, 0.2) is 29.2 Å². The Balaban J connectivity index is 2.24. The fourth-order valence-electron chi connectivity index (χ4n) is 2.24. The van der Waals surface area contributed by atoms with Crippen molar-refractivity contribution < 1.29 is 13.2 Å². The van der Waals surface area contributed by atoms with Gasteiger partial charge >= 0.3 is 0 Å². The van der Waals surface area contributed by atoms with Crippen LogP contribution in [0.1, 0.15) is 23.2 Å². The van der Waals surface area contributed by atoms with Gasteiger partial charge in [0.2, 0.25) is 0 Å². The van der Waals surface area contributed by atoms with Crippen LogP contribution in [0.5, 0.6) is 0 Å². The second-order valence-corrected chi connectivity index (χ2v) is 6.97. The number of benzene rings is 1. The summed E-state index contributed by atoms with van der Waals surface area (Å²) in [6.07, 6.45) is 2.94. The molecule has 1 atom stereocenters. The molecular weight excluding hydrogens is 264 g/mol. The molecule has 2 rings (SSSR count). The lowest BCUT2D eigenvalue weighted by atomic mass is 10.1. The lowest BCUT2D eigenvalue weighted by Crippen LogP contribution is -2.45. The van der Waals surface area contributed by atoms with Crippen molar-refractivity contribution in [2.45, 2.75) is 23.8 Å². The lowest BCUT2D eigenvalue weighted by molar-refractivity contribution is 0.0708. The fourth-order valence-corrected chi connectivity index (χ4v) is 2.90. The van der Waals surface area contributed by atoms with Crippen LogP contribution in [0.4, 0.5) is 0 Å². The summed E-state index contributed by atoms with van der Waals surface area (Å²) >= 11 is 0. The summed E-state index contributed by atoms with van der Waals surface area (Å²) in [4.78, 5) is 14.2. The topological polar surface area (TPSA) is 80.5 Å². The SMILES string of the molecule is CS(=O)(=O)c1cccc(C(=O)N2CCC[C@@H](N)C2)c1. The van der Waals surface area contributed by atoms with Crippen molar-refractivity contribution in [3.8, 4) is 0 Å². The van der Waals surface area contributed by atoms with E-state index in [0.717, 1.165) is 19.1 Å². The third-order valence-corrected chi connectivity index (χ3v) is 4.36. The van der Waals surface area contributed by atoms with Gasteiger partial charge in [0.15, 0.2) is 9.84 Å². The molecule has 0 radical (unpaired) electrons. The first-order valence-corrected chi connectivity index (χ1v) is 8.12. The summed E-state index contributed by atoms with van der Waals surface area (Å²) in [6.45, 7) is 1.21. The first kappa shape index (κ1) is 14.0. The van der Waals surface area contributed by atoms with Gasteiger partial charge in [-0.2, -0.15) is 0 Å². The molecule has 0 unspecified atom stereocenters. The number of piperidine rings is 1. The van der Waals surface area contributed by atoms with Crippen LogP contribution in [0.25, 0.3) is 0 Å². The van der Waals surface area contributed by atoms with Gasteiger partial charge in [0, 0.05) is 31.0 Å². The van der Waals surface area contributed by atoms with Crippen LogP contribution in [-0.2, 0) is 9.84 Å². The minimum Gasteiger partial charge on any atom is -0.337 e. The number of amides is 1. The summed E-state index contributed by atoms with van der Waals surface area (Å²) < 4.78 is 23.0. The molecule has 1 aliphatic rings. The molecule has 19 heavy (non-hydrogen) atoms. The van der Waals surface area contributed by atoms with Crippen molar-refractivity contribution >= 4 is 15.7 Å². The zero-order chi connectivity index (χ0) is 14.0. The Bertz CT molecular complexity index is 583. The molecule has 0 aromatic heterocycles. The van der Waals surface area contributed by atoms with E-state index in [0.29, 0.717) is 18.7 Å². The average Bonchev–Trinajstić information content (AvgIpc) is 2.37. The highest BCUT2D eigenvalue weighted by Crippen LogP contribution is 2.16. The number of carbonyl (C=O) groups is 1. The second kappa shape index (κ2) is 5.30. The van der Waals surface area contributed by atoms with Crippen LogP contribution in [0, 0.1) is 0 Å². The molecule has 1 heterocycles. The third-order valence-electron chi connectivity index (χ3n) is 3.25. The normalized spacial score (nSPS) is 20.3. The third kappa shape index (κ3) is 3.33. The Labute approximate surface area is 113 Å². The van der Waals surface area contributed by atoms with E-state index >= 15 is 0 Å². The predicted molar refractivity (Wildman–Crippen MR) is 72.7 cm³/mol. The largest absolute Gasteiger partial charge is 0.337 e. The number of nitrogens with zero attached hydrogens (tertiary/aromatic N) is 1. The molecule has 1 amide bonds. The van der Waals surface area contributed by atoms with Crippen molar-refractivity contribution in [3.05, 3.63) is 29.8 Å². The molecule has 1 aromatic rings. The van der Waals surface area contributed by atoms with Crippen LogP contribution in [-0.4, -0.2) is 44.6 Å². The van der Waals surface area contributed by atoms with Gasteiger partial charge in [0.05, 0.1) is 4.90 Å². The van der Waals surface area contributed by atoms with Crippen molar-refractivity contribution in [3.63, 3.8) is 0 Å². The average molecular weight is 282 g/mol. The number of hydrogen-bond donors (Lipinski definition) is 1. The number of likely N-dealkylation sites (tertiary alicyclic amines) is 1. The molecule has 1 aliphatic heterocycles. The molecule has 0 aliphatic carbocycles. The molecule has 2 N–H and O–H groups in total. The number of hydrogen-bond acceptors (Lipinski definition) is 4. The second-order valence-electron chi connectivity index (χ2n) is 4.95. The number of rotatable bonds is 2. The zero-order valence-electron chi connectivity index (χ0n) is 10.9. The molecule has 1 fully saturated rings. The Morgan fingerprint density at radius 3 is 2.79 bits per heavy atom. The van der Waals surface area contributed by atoms with Crippen molar-refractivity contribution in [1.82, 2.24) is 4.90 Å². The van der Waals surface area contributed by atoms with Gasteiger partial charge < -0.3 is 10.6 Å². The van der Waals surface area contributed by atoms with Gasteiger partial charge in [-0.05, 0) is 31.0 Å². The number of carbonyl (C=O) groups excluding carboxylic acids is 1. The summed E-state index contributed by atoms with van der Waals surface area (Å²) in [5.74, 6) is -0.152. The van der Waals surface area contributed by atoms with Crippen LogP contribution in [0.2, 0.25) is 0 Å². The van der Waals surface area contributed by atoms with Gasteiger partial charge in [0.25, 0.3) is 5.91 Å². The van der Waals surface area contributed by atoms with E-state index in [2.05, 4.69) is 0 Å². The molecule has 1 saturated heterocycles. The maximum Gasteiger partial charge on any atom is 0.253 e. The fraction of sp³-hybridized carbons (Fsp3) is 0.462.